The number of hydrogen-bond acceptors (Lipinski definition) is 4. The summed E-state index contributed by atoms with van der Waals surface area (Å²) < 4.78 is 15.9. The molecule has 118 valence electrons. The lowest BCUT2D eigenvalue weighted by atomic mass is 10.1. The molecule has 1 amide bonds. The van der Waals surface area contributed by atoms with E-state index in [4.69, 9.17) is 13.9 Å². The second kappa shape index (κ2) is 7.02. The molecule has 0 saturated heterocycles. The molecule has 0 unspecified atom stereocenters. The molecule has 1 heterocycles. The molecule has 2 rings (SSSR count). The van der Waals surface area contributed by atoms with Gasteiger partial charge >= 0.3 is 0 Å². The lowest BCUT2D eigenvalue weighted by Gasteiger charge is -2.23. The summed E-state index contributed by atoms with van der Waals surface area (Å²) in [5.74, 6) is 2.11. The van der Waals surface area contributed by atoms with Crippen molar-refractivity contribution in [2.75, 3.05) is 21.3 Å². The molecule has 1 aromatic heterocycles. The zero-order valence-corrected chi connectivity index (χ0v) is 13.3. The summed E-state index contributed by atoms with van der Waals surface area (Å²) in [6.45, 7) is 1.93. The SMILES string of the molecule is COc1ccc(OC)c(CC(=O)N(C)[C@@H](C)c2ccco2)c1. The van der Waals surface area contributed by atoms with Crippen molar-refractivity contribution in [1.29, 1.82) is 0 Å². The Morgan fingerprint density at radius 3 is 2.64 bits per heavy atom. The fourth-order valence-electron chi connectivity index (χ4n) is 2.24. The third-order valence-corrected chi connectivity index (χ3v) is 3.76. The first-order chi connectivity index (χ1) is 10.6. The van der Waals surface area contributed by atoms with Crippen LogP contribution in [0.5, 0.6) is 11.5 Å². The van der Waals surface area contributed by atoms with E-state index in [1.54, 1.807) is 38.5 Å². The first kappa shape index (κ1) is 15.9. The second-order valence-electron chi connectivity index (χ2n) is 5.05. The molecule has 0 aliphatic carbocycles. The van der Waals surface area contributed by atoms with Gasteiger partial charge in [-0.3, -0.25) is 4.79 Å². The molecule has 5 nitrogen and oxygen atoms in total. The monoisotopic (exact) mass is 303 g/mol. The quantitative estimate of drug-likeness (QED) is 0.823. The number of carbonyl (C=O) groups is 1. The first-order valence-electron chi connectivity index (χ1n) is 7.06. The van der Waals surface area contributed by atoms with Gasteiger partial charge in [0.15, 0.2) is 0 Å². The van der Waals surface area contributed by atoms with Crippen LogP contribution >= 0.6 is 0 Å². The number of hydrogen-bond donors (Lipinski definition) is 0. The van der Waals surface area contributed by atoms with E-state index in [0.717, 1.165) is 11.3 Å². The Labute approximate surface area is 130 Å². The number of methoxy groups -OCH3 is 2. The highest BCUT2D eigenvalue weighted by molar-refractivity contribution is 5.79. The molecular formula is C17H21NO4. The topological polar surface area (TPSA) is 51.9 Å². The first-order valence-corrected chi connectivity index (χ1v) is 7.06. The van der Waals surface area contributed by atoms with Gasteiger partial charge in [0, 0.05) is 12.6 Å². The number of carbonyl (C=O) groups excluding carboxylic acids is 1. The highest BCUT2D eigenvalue weighted by Crippen LogP contribution is 2.26. The number of ether oxygens (including phenoxy) is 2. The van der Waals surface area contributed by atoms with Crippen LogP contribution in [0.1, 0.15) is 24.3 Å². The Kier molecular flexibility index (Phi) is 5.09. The molecule has 1 aromatic carbocycles. The zero-order valence-electron chi connectivity index (χ0n) is 13.3. The van der Waals surface area contributed by atoms with Crippen molar-refractivity contribution in [3.05, 3.63) is 47.9 Å². The molecule has 0 saturated carbocycles. The zero-order chi connectivity index (χ0) is 16.1. The van der Waals surface area contributed by atoms with Crippen molar-refractivity contribution in [2.45, 2.75) is 19.4 Å². The summed E-state index contributed by atoms with van der Waals surface area (Å²) in [5.41, 5.74) is 0.797. The smallest absolute Gasteiger partial charge is 0.227 e. The Balaban J connectivity index is 2.14. The highest BCUT2D eigenvalue weighted by Gasteiger charge is 2.21. The Bertz CT molecular complexity index is 622. The Morgan fingerprint density at radius 2 is 2.05 bits per heavy atom. The van der Waals surface area contributed by atoms with E-state index in [2.05, 4.69) is 0 Å². The second-order valence-corrected chi connectivity index (χ2v) is 5.05. The van der Waals surface area contributed by atoms with Crippen LogP contribution in [0.25, 0.3) is 0 Å². The van der Waals surface area contributed by atoms with E-state index in [0.29, 0.717) is 11.5 Å². The van der Waals surface area contributed by atoms with Gasteiger partial charge in [0.2, 0.25) is 5.91 Å². The van der Waals surface area contributed by atoms with Crippen LogP contribution in [0, 0.1) is 0 Å². The standard InChI is InChI=1S/C17H21NO4/c1-12(15-6-5-9-22-15)18(2)17(19)11-13-10-14(20-3)7-8-16(13)21-4/h5-10,12H,11H2,1-4H3/t12-/m0/s1. The fraction of sp³-hybridized carbons (Fsp3) is 0.353. The number of amides is 1. The Hall–Kier alpha value is -2.43. The maximum atomic E-state index is 12.5. The number of rotatable bonds is 6. The molecule has 5 heteroatoms. The minimum atomic E-state index is -0.126. The van der Waals surface area contributed by atoms with Crippen LogP contribution in [0.2, 0.25) is 0 Å². The third-order valence-electron chi connectivity index (χ3n) is 3.76. The summed E-state index contributed by atoms with van der Waals surface area (Å²) in [5, 5.41) is 0. The van der Waals surface area contributed by atoms with Gasteiger partial charge in [0.25, 0.3) is 0 Å². The van der Waals surface area contributed by atoms with Crippen LogP contribution in [0.3, 0.4) is 0 Å². The van der Waals surface area contributed by atoms with E-state index in [9.17, 15) is 4.79 Å². The summed E-state index contributed by atoms with van der Waals surface area (Å²) in [7, 11) is 4.95. The van der Waals surface area contributed by atoms with Gasteiger partial charge in [-0.25, -0.2) is 0 Å². The Morgan fingerprint density at radius 1 is 1.27 bits per heavy atom. The van der Waals surface area contributed by atoms with Gasteiger partial charge in [-0.05, 0) is 37.3 Å². The molecule has 1 atom stereocenters. The van der Waals surface area contributed by atoms with Gasteiger partial charge in [-0.15, -0.1) is 0 Å². The van der Waals surface area contributed by atoms with Crippen molar-refractivity contribution < 1.29 is 18.7 Å². The van der Waals surface area contributed by atoms with E-state index in [1.165, 1.54) is 0 Å². The molecule has 0 spiro atoms. The molecular weight excluding hydrogens is 282 g/mol. The lowest BCUT2D eigenvalue weighted by molar-refractivity contribution is -0.131. The number of likely N-dealkylation sites (N-methyl/N-ethyl adjacent to an activating group) is 1. The summed E-state index contributed by atoms with van der Waals surface area (Å²) >= 11 is 0. The summed E-state index contributed by atoms with van der Waals surface area (Å²) in [6, 6.07) is 8.98. The highest BCUT2D eigenvalue weighted by atomic mass is 16.5. The van der Waals surface area contributed by atoms with Crippen LogP contribution in [-0.4, -0.2) is 32.1 Å². The van der Waals surface area contributed by atoms with E-state index in [-0.39, 0.29) is 18.4 Å². The van der Waals surface area contributed by atoms with E-state index >= 15 is 0 Å². The number of nitrogens with zero attached hydrogens (tertiary/aromatic N) is 1. The van der Waals surface area contributed by atoms with Gasteiger partial charge < -0.3 is 18.8 Å². The van der Waals surface area contributed by atoms with E-state index in [1.807, 2.05) is 31.2 Å². The largest absolute Gasteiger partial charge is 0.497 e. The molecule has 0 N–H and O–H groups in total. The lowest BCUT2D eigenvalue weighted by Crippen LogP contribution is -2.30. The molecule has 0 radical (unpaired) electrons. The average molecular weight is 303 g/mol. The normalized spacial score (nSPS) is 11.8. The number of furan rings is 1. The molecule has 2 aromatic rings. The van der Waals surface area contributed by atoms with Gasteiger partial charge in [-0.2, -0.15) is 0 Å². The van der Waals surface area contributed by atoms with Gasteiger partial charge in [-0.1, -0.05) is 0 Å². The molecule has 0 aliphatic rings. The predicted molar refractivity (Wildman–Crippen MR) is 83.1 cm³/mol. The van der Waals surface area contributed by atoms with Gasteiger partial charge in [0.05, 0.1) is 32.9 Å². The van der Waals surface area contributed by atoms with Crippen molar-refractivity contribution in [3.63, 3.8) is 0 Å². The van der Waals surface area contributed by atoms with Crippen molar-refractivity contribution in [3.8, 4) is 11.5 Å². The minimum absolute atomic E-state index is 0.0181. The number of benzene rings is 1. The van der Waals surface area contributed by atoms with Crippen LogP contribution in [-0.2, 0) is 11.2 Å². The minimum Gasteiger partial charge on any atom is -0.497 e. The van der Waals surface area contributed by atoms with E-state index < -0.39 is 0 Å². The predicted octanol–water partition coefficient (Wildman–Crippen LogP) is 3.06. The van der Waals surface area contributed by atoms with Crippen LogP contribution in [0.15, 0.2) is 41.0 Å². The molecule has 0 bridgehead atoms. The van der Waals surface area contributed by atoms with Crippen LogP contribution in [0.4, 0.5) is 0 Å². The summed E-state index contributed by atoms with van der Waals surface area (Å²) in [4.78, 5) is 14.2. The molecule has 0 fully saturated rings. The van der Waals surface area contributed by atoms with Crippen molar-refractivity contribution in [1.82, 2.24) is 4.90 Å². The maximum Gasteiger partial charge on any atom is 0.227 e. The molecule has 22 heavy (non-hydrogen) atoms. The fourth-order valence-corrected chi connectivity index (χ4v) is 2.24. The third kappa shape index (κ3) is 3.42. The maximum absolute atomic E-state index is 12.5. The van der Waals surface area contributed by atoms with Crippen LogP contribution < -0.4 is 9.47 Å². The van der Waals surface area contributed by atoms with Gasteiger partial charge in [0.1, 0.15) is 17.3 Å². The van der Waals surface area contributed by atoms with Crippen molar-refractivity contribution >= 4 is 5.91 Å². The average Bonchev–Trinajstić information content (AvgIpc) is 3.07. The van der Waals surface area contributed by atoms with Crippen molar-refractivity contribution in [2.24, 2.45) is 0 Å². The summed E-state index contributed by atoms with van der Waals surface area (Å²) in [6.07, 6.45) is 1.84. The molecule has 0 aliphatic heterocycles.